The number of nitrogens with zero attached hydrogens (tertiary/aromatic N) is 2. The summed E-state index contributed by atoms with van der Waals surface area (Å²) < 4.78 is 43.6. The van der Waals surface area contributed by atoms with E-state index in [4.69, 9.17) is 18.9 Å². The van der Waals surface area contributed by atoms with Crippen LogP contribution in [0.15, 0.2) is 54.1 Å². The minimum absolute atomic E-state index is 0.0218. The number of halogens is 1. The van der Waals surface area contributed by atoms with E-state index in [1.807, 2.05) is 0 Å². The molecule has 0 aliphatic rings. The topological polar surface area (TPSA) is 120 Å². The second-order valence-corrected chi connectivity index (χ2v) is 8.52. The van der Waals surface area contributed by atoms with Crippen LogP contribution in [0.4, 0.5) is 4.39 Å². The van der Waals surface area contributed by atoms with Gasteiger partial charge in [0.05, 0.1) is 51.7 Å². The fraction of sp³-hybridized carbons (Fsp3) is 0.185. The van der Waals surface area contributed by atoms with Gasteiger partial charge in [0.2, 0.25) is 5.75 Å². The first kappa shape index (κ1) is 26.6. The molecular formula is C27H22FN2O7S-. The molecule has 4 rings (SSSR count). The van der Waals surface area contributed by atoms with E-state index >= 15 is 0 Å². The predicted molar refractivity (Wildman–Crippen MR) is 136 cm³/mol. The average Bonchev–Trinajstić information content (AvgIpc) is 3.39. The molecule has 4 aromatic rings. The van der Waals surface area contributed by atoms with E-state index in [0.717, 1.165) is 23.9 Å². The van der Waals surface area contributed by atoms with Gasteiger partial charge in [0.15, 0.2) is 17.3 Å². The zero-order valence-corrected chi connectivity index (χ0v) is 21.7. The van der Waals surface area contributed by atoms with Crippen LogP contribution in [0.5, 0.6) is 23.0 Å². The van der Waals surface area contributed by atoms with Gasteiger partial charge in [0.1, 0.15) is 22.6 Å². The zero-order valence-electron chi connectivity index (χ0n) is 20.9. The van der Waals surface area contributed by atoms with Crippen molar-refractivity contribution < 1.29 is 38.0 Å². The third-order valence-corrected chi connectivity index (χ3v) is 6.39. The quantitative estimate of drug-likeness (QED) is 0.221. The van der Waals surface area contributed by atoms with E-state index < -0.39 is 17.6 Å². The van der Waals surface area contributed by atoms with Crippen molar-refractivity contribution in [2.75, 3.05) is 28.4 Å². The van der Waals surface area contributed by atoms with Crippen molar-refractivity contribution >= 4 is 40.1 Å². The highest BCUT2D eigenvalue weighted by molar-refractivity contribution is 7.00. The Morgan fingerprint density at radius 3 is 2.11 bits per heavy atom. The lowest BCUT2D eigenvalue weighted by Gasteiger charge is -2.19. The molecule has 0 amide bonds. The monoisotopic (exact) mass is 537 g/mol. The van der Waals surface area contributed by atoms with Crippen LogP contribution in [-0.4, -0.2) is 48.9 Å². The molecular weight excluding hydrogens is 515 g/mol. The van der Waals surface area contributed by atoms with Crippen molar-refractivity contribution in [2.45, 2.75) is 6.42 Å². The van der Waals surface area contributed by atoms with Crippen molar-refractivity contribution in [3.63, 3.8) is 0 Å². The SMILES string of the molecule is COc1cc(F)ccc1C(=O)/C(Cc1cc(OC)c(OC)c(OC)c1)=C(\C(=O)[O-])c1ccc2nsnc2c1. The van der Waals surface area contributed by atoms with Crippen LogP contribution >= 0.6 is 11.7 Å². The number of aromatic nitrogens is 2. The molecule has 196 valence electrons. The number of ether oxygens (including phenoxy) is 4. The second kappa shape index (κ2) is 11.3. The molecule has 38 heavy (non-hydrogen) atoms. The van der Waals surface area contributed by atoms with Crippen molar-refractivity contribution in [1.82, 2.24) is 8.75 Å². The summed E-state index contributed by atoms with van der Waals surface area (Å²) in [5.41, 5.74) is 1.21. The number of ketones is 1. The minimum atomic E-state index is -1.58. The lowest BCUT2D eigenvalue weighted by atomic mass is 9.89. The van der Waals surface area contributed by atoms with Gasteiger partial charge in [-0.05, 0) is 47.5 Å². The molecule has 3 aromatic carbocycles. The molecule has 11 heteroatoms. The number of aliphatic carboxylic acids is 1. The molecule has 0 atom stereocenters. The van der Waals surface area contributed by atoms with Crippen LogP contribution < -0.4 is 24.1 Å². The third kappa shape index (κ3) is 5.14. The summed E-state index contributed by atoms with van der Waals surface area (Å²) in [5.74, 6) is -1.96. The van der Waals surface area contributed by atoms with Crippen molar-refractivity contribution in [3.8, 4) is 23.0 Å². The second-order valence-electron chi connectivity index (χ2n) is 7.99. The van der Waals surface area contributed by atoms with Crippen molar-refractivity contribution in [1.29, 1.82) is 0 Å². The van der Waals surface area contributed by atoms with Gasteiger partial charge in [-0.2, -0.15) is 8.75 Å². The van der Waals surface area contributed by atoms with Crippen LogP contribution in [0.3, 0.4) is 0 Å². The first-order valence-electron chi connectivity index (χ1n) is 11.2. The molecule has 0 unspecified atom stereocenters. The fourth-order valence-corrected chi connectivity index (χ4v) is 4.61. The summed E-state index contributed by atoms with van der Waals surface area (Å²) in [5, 5.41) is 12.6. The molecule has 0 N–H and O–H groups in total. The number of benzene rings is 3. The molecule has 0 fully saturated rings. The van der Waals surface area contributed by atoms with E-state index in [1.165, 1.54) is 46.6 Å². The normalized spacial score (nSPS) is 11.6. The van der Waals surface area contributed by atoms with E-state index in [-0.39, 0.29) is 34.4 Å². The smallest absolute Gasteiger partial charge is 0.203 e. The number of methoxy groups -OCH3 is 4. The molecule has 0 aliphatic carbocycles. The highest BCUT2D eigenvalue weighted by atomic mass is 32.1. The van der Waals surface area contributed by atoms with Gasteiger partial charge in [-0.1, -0.05) is 6.07 Å². The van der Waals surface area contributed by atoms with Crippen LogP contribution in [0.2, 0.25) is 0 Å². The van der Waals surface area contributed by atoms with Gasteiger partial charge >= 0.3 is 0 Å². The number of hydrogen-bond donors (Lipinski definition) is 0. The van der Waals surface area contributed by atoms with E-state index in [1.54, 1.807) is 18.2 Å². The van der Waals surface area contributed by atoms with Crippen LogP contribution in [0, 0.1) is 5.82 Å². The molecule has 1 heterocycles. The number of carbonyl (C=O) groups is 2. The Morgan fingerprint density at radius 2 is 1.50 bits per heavy atom. The number of carboxylic acids is 1. The molecule has 0 bridgehead atoms. The number of carboxylic acid groups (broad SMARTS) is 1. The van der Waals surface area contributed by atoms with Gasteiger partial charge < -0.3 is 28.8 Å². The highest BCUT2D eigenvalue weighted by Crippen LogP contribution is 2.39. The Morgan fingerprint density at radius 1 is 0.842 bits per heavy atom. The van der Waals surface area contributed by atoms with Gasteiger partial charge in [-0.3, -0.25) is 4.79 Å². The Kier molecular flexibility index (Phi) is 7.87. The van der Waals surface area contributed by atoms with Crippen LogP contribution in [0.25, 0.3) is 16.6 Å². The number of Topliss-reactive ketones (excluding diaryl/α,β-unsaturated/α-hetero) is 1. The predicted octanol–water partition coefficient (Wildman–Crippen LogP) is 3.49. The molecule has 1 aromatic heterocycles. The average molecular weight is 538 g/mol. The summed E-state index contributed by atoms with van der Waals surface area (Å²) in [4.78, 5) is 26.5. The number of fused-ring (bicyclic) bond motifs is 1. The summed E-state index contributed by atoms with van der Waals surface area (Å²) in [6, 6.07) is 11.3. The fourth-order valence-electron chi connectivity index (χ4n) is 4.09. The maximum atomic E-state index is 13.9. The minimum Gasteiger partial charge on any atom is -0.545 e. The molecule has 9 nitrogen and oxygen atoms in total. The van der Waals surface area contributed by atoms with Crippen LogP contribution in [0.1, 0.15) is 21.5 Å². The molecule has 0 aliphatic heterocycles. The number of rotatable bonds is 10. The van der Waals surface area contributed by atoms with Gasteiger partial charge in [-0.25, -0.2) is 4.39 Å². The van der Waals surface area contributed by atoms with Gasteiger partial charge in [0.25, 0.3) is 0 Å². The van der Waals surface area contributed by atoms with Crippen molar-refractivity contribution in [2.24, 2.45) is 0 Å². The lowest BCUT2D eigenvalue weighted by Crippen LogP contribution is -2.27. The Balaban J connectivity index is 1.98. The molecule has 0 saturated carbocycles. The summed E-state index contributed by atoms with van der Waals surface area (Å²) >= 11 is 0.976. The number of hydrogen-bond acceptors (Lipinski definition) is 10. The first-order chi connectivity index (χ1) is 18.3. The highest BCUT2D eigenvalue weighted by Gasteiger charge is 2.25. The summed E-state index contributed by atoms with van der Waals surface area (Å²) in [6.07, 6.45) is -0.174. The number of carbonyl (C=O) groups excluding carboxylic acids is 2. The van der Waals surface area contributed by atoms with Crippen molar-refractivity contribution in [3.05, 3.63) is 76.6 Å². The summed E-state index contributed by atoms with van der Waals surface area (Å²) in [6.45, 7) is 0. The molecule has 0 spiro atoms. The van der Waals surface area contributed by atoms with Crippen LogP contribution in [-0.2, 0) is 11.2 Å². The van der Waals surface area contributed by atoms with E-state index in [0.29, 0.717) is 33.8 Å². The number of allylic oxidation sites excluding steroid dienone is 1. The molecule has 0 saturated heterocycles. The Hall–Kier alpha value is -4.51. The maximum absolute atomic E-state index is 13.9. The standard InChI is InChI=1S/C27H23FN2O7S/c1-34-21-13-16(28)6-7-17(21)25(31)18(9-14-10-22(35-2)26(37-4)23(11-14)36-3)24(27(32)33)15-5-8-19-20(12-15)30-38-29-19/h5-8,10-13H,9H2,1-4H3,(H,32,33)/p-1/b24-18-. The van der Waals surface area contributed by atoms with Gasteiger partial charge in [-0.15, -0.1) is 0 Å². The first-order valence-corrected chi connectivity index (χ1v) is 11.9. The van der Waals surface area contributed by atoms with E-state index in [2.05, 4.69) is 8.75 Å². The molecule has 0 radical (unpaired) electrons. The zero-order chi connectivity index (χ0) is 27.4. The Bertz CT molecular complexity index is 1540. The summed E-state index contributed by atoms with van der Waals surface area (Å²) in [7, 11) is 5.62. The lowest BCUT2D eigenvalue weighted by molar-refractivity contribution is -0.295. The largest absolute Gasteiger partial charge is 0.545 e. The Labute approximate surface area is 221 Å². The maximum Gasteiger partial charge on any atom is 0.203 e. The third-order valence-electron chi connectivity index (χ3n) is 5.84. The van der Waals surface area contributed by atoms with E-state index in [9.17, 15) is 19.1 Å². The van der Waals surface area contributed by atoms with Gasteiger partial charge in [0, 0.05) is 23.6 Å².